The van der Waals surface area contributed by atoms with Gasteiger partial charge in [0.2, 0.25) is 23.6 Å². The SMILES string of the molecule is O=C(CCC(=O)N[C@@H](Cc1ccccc1)C(=O)Nc1ccc([N+](=O)[O-])cc1Cl)NC(Cc1ccccc1)C(=O)Nc1ccc([N+](=O)[O-])cc1Cl. The van der Waals surface area contributed by atoms with Crippen LogP contribution in [-0.2, 0) is 32.0 Å². The molecule has 0 saturated carbocycles. The van der Waals surface area contributed by atoms with Crippen LogP contribution in [0.4, 0.5) is 22.7 Å². The normalized spacial score (nSPS) is 11.8. The molecule has 0 radical (unpaired) electrons. The van der Waals surface area contributed by atoms with Gasteiger partial charge in [-0.3, -0.25) is 39.4 Å². The molecule has 50 heavy (non-hydrogen) atoms. The lowest BCUT2D eigenvalue weighted by Crippen LogP contribution is -2.47. The van der Waals surface area contributed by atoms with Crippen molar-refractivity contribution in [3.63, 3.8) is 0 Å². The number of nitrogens with zero attached hydrogens (tertiary/aromatic N) is 2. The quantitative estimate of drug-likeness (QED) is 0.0894. The molecule has 0 heterocycles. The molecule has 258 valence electrons. The molecule has 4 amide bonds. The number of rotatable bonds is 15. The fraction of sp³-hybridized carbons (Fsp3) is 0.176. The number of benzene rings is 4. The van der Waals surface area contributed by atoms with Crippen molar-refractivity contribution in [1.29, 1.82) is 0 Å². The van der Waals surface area contributed by atoms with Crippen molar-refractivity contribution in [2.24, 2.45) is 0 Å². The smallest absolute Gasteiger partial charge is 0.271 e. The first-order valence-electron chi connectivity index (χ1n) is 15.1. The van der Waals surface area contributed by atoms with Crippen molar-refractivity contribution in [2.45, 2.75) is 37.8 Å². The second-order valence-electron chi connectivity index (χ2n) is 10.9. The number of carbonyl (C=O) groups is 4. The lowest BCUT2D eigenvalue weighted by molar-refractivity contribution is -0.385. The monoisotopic (exact) mass is 720 g/mol. The molecule has 0 saturated heterocycles. The summed E-state index contributed by atoms with van der Waals surface area (Å²) < 4.78 is 0. The Morgan fingerprint density at radius 2 is 0.940 bits per heavy atom. The summed E-state index contributed by atoms with van der Waals surface area (Å²) in [6, 6.07) is 22.6. The lowest BCUT2D eigenvalue weighted by Gasteiger charge is -2.20. The highest BCUT2D eigenvalue weighted by Crippen LogP contribution is 2.28. The fourth-order valence-electron chi connectivity index (χ4n) is 4.76. The average molecular weight is 722 g/mol. The zero-order valence-corrected chi connectivity index (χ0v) is 27.6. The maximum atomic E-state index is 13.3. The van der Waals surface area contributed by atoms with E-state index < -0.39 is 45.6 Å². The molecule has 1 unspecified atom stereocenters. The summed E-state index contributed by atoms with van der Waals surface area (Å²) in [5, 5.41) is 32.4. The van der Waals surface area contributed by atoms with E-state index in [0.29, 0.717) is 0 Å². The number of halogens is 2. The Bertz CT molecular complexity index is 1760. The van der Waals surface area contributed by atoms with E-state index in [-0.39, 0.29) is 58.5 Å². The zero-order chi connectivity index (χ0) is 36.2. The van der Waals surface area contributed by atoms with Crippen LogP contribution >= 0.6 is 23.2 Å². The Balaban J connectivity index is 1.42. The fourth-order valence-corrected chi connectivity index (χ4v) is 5.20. The molecule has 0 aromatic heterocycles. The largest absolute Gasteiger partial charge is 0.344 e. The Morgan fingerprint density at radius 3 is 1.26 bits per heavy atom. The summed E-state index contributed by atoms with van der Waals surface area (Å²) in [6.45, 7) is 0. The molecule has 4 rings (SSSR count). The average Bonchev–Trinajstić information content (AvgIpc) is 3.09. The van der Waals surface area contributed by atoms with E-state index >= 15 is 0 Å². The molecule has 0 aliphatic heterocycles. The van der Waals surface area contributed by atoms with Gasteiger partial charge in [-0.25, -0.2) is 0 Å². The van der Waals surface area contributed by atoms with Gasteiger partial charge in [-0.05, 0) is 23.3 Å². The molecule has 0 aliphatic rings. The highest BCUT2D eigenvalue weighted by Gasteiger charge is 2.25. The van der Waals surface area contributed by atoms with Crippen molar-refractivity contribution in [3.05, 3.63) is 138 Å². The molecule has 0 aliphatic carbocycles. The molecule has 0 bridgehead atoms. The van der Waals surface area contributed by atoms with E-state index in [1.165, 1.54) is 24.3 Å². The van der Waals surface area contributed by atoms with Gasteiger partial charge in [0.15, 0.2) is 0 Å². The van der Waals surface area contributed by atoms with Gasteiger partial charge in [-0.2, -0.15) is 0 Å². The summed E-state index contributed by atoms with van der Waals surface area (Å²) in [4.78, 5) is 73.5. The summed E-state index contributed by atoms with van der Waals surface area (Å²) in [6.07, 6.45) is -0.507. The molecule has 16 heteroatoms. The van der Waals surface area contributed by atoms with E-state index in [9.17, 15) is 39.4 Å². The van der Waals surface area contributed by atoms with E-state index in [1.807, 2.05) is 0 Å². The van der Waals surface area contributed by atoms with Gasteiger partial charge >= 0.3 is 0 Å². The van der Waals surface area contributed by atoms with Crippen LogP contribution in [0.15, 0.2) is 97.1 Å². The van der Waals surface area contributed by atoms with Gasteiger partial charge in [-0.15, -0.1) is 0 Å². The first kappa shape index (κ1) is 37.0. The molecular weight excluding hydrogens is 691 g/mol. The minimum Gasteiger partial charge on any atom is -0.344 e. The maximum Gasteiger partial charge on any atom is 0.271 e. The standard InChI is InChI=1S/C34H30Cl2N6O8/c35-25-19-23(41(47)48)11-13-27(25)39-33(45)29(17-21-7-3-1-4-8-21)37-31(43)15-16-32(44)38-30(18-22-9-5-2-6-10-22)34(46)40-28-14-12-24(42(49)50)20-26(28)36/h1-14,19-20,29-30H,15-18H2,(H,37,43)(H,38,44)(H,39,45)(H,40,46)/t29-,30?/m0/s1. The van der Waals surface area contributed by atoms with Crippen molar-refractivity contribution >= 4 is 69.6 Å². The third-order valence-electron chi connectivity index (χ3n) is 7.29. The number of hydrogen-bond donors (Lipinski definition) is 4. The van der Waals surface area contributed by atoms with Crippen molar-refractivity contribution in [2.75, 3.05) is 10.6 Å². The third kappa shape index (κ3) is 10.8. The summed E-state index contributed by atoms with van der Waals surface area (Å²) in [5.74, 6) is -2.56. The lowest BCUT2D eigenvalue weighted by atomic mass is 10.0. The topological polar surface area (TPSA) is 203 Å². The number of non-ortho nitro benzene ring substituents is 2. The summed E-state index contributed by atoms with van der Waals surface area (Å²) in [7, 11) is 0. The second-order valence-corrected chi connectivity index (χ2v) is 11.8. The zero-order valence-electron chi connectivity index (χ0n) is 26.1. The predicted octanol–water partition coefficient (Wildman–Crippen LogP) is 5.62. The van der Waals surface area contributed by atoms with Gasteiger partial charge in [0.1, 0.15) is 12.1 Å². The number of nitro benzene ring substituents is 2. The highest BCUT2D eigenvalue weighted by molar-refractivity contribution is 6.34. The number of carbonyl (C=O) groups excluding carboxylic acids is 4. The van der Waals surface area contributed by atoms with Gasteiger partial charge in [0.05, 0.1) is 31.3 Å². The molecule has 2 atom stereocenters. The molecule has 0 spiro atoms. The summed E-state index contributed by atoms with van der Waals surface area (Å²) in [5.41, 5.74) is 1.13. The van der Waals surface area contributed by atoms with Crippen LogP contribution < -0.4 is 21.3 Å². The van der Waals surface area contributed by atoms with Gasteiger partial charge < -0.3 is 21.3 Å². The summed E-state index contributed by atoms with van der Waals surface area (Å²) >= 11 is 12.3. The van der Waals surface area contributed by atoms with Crippen molar-refractivity contribution < 1.29 is 29.0 Å². The van der Waals surface area contributed by atoms with Crippen LogP contribution in [0.3, 0.4) is 0 Å². The van der Waals surface area contributed by atoms with Crippen molar-refractivity contribution in [3.8, 4) is 0 Å². The highest BCUT2D eigenvalue weighted by atomic mass is 35.5. The molecule has 4 aromatic carbocycles. The van der Waals surface area contributed by atoms with E-state index in [4.69, 9.17) is 23.2 Å². The second kappa shape index (κ2) is 17.5. The van der Waals surface area contributed by atoms with Gasteiger partial charge in [0, 0.05) is 49.9 Å². The molecule has 4 aromatic rings. The van der Waals surface area contributed by atoms with Crippen LogP contribution in [0.25, 0.3) is 0 Å². The van der Waals surface area contributed by atoms with E-state index in [0.717, 1.165) is 23.3 Å². The minimum absolute atomic E-state index is 0.0704. The van der Waals surface area contributed by atoms with Crippen molar-refractivity contribution in [1.82, 2.24) is 10.6 Å². The molecule has 0 fully saturated rings. The molecular formula is C34H30Cl2N6O8. The predicted molar refractivity (Wildman–Crippen MR) is 187 cm³/mol. The maximum absolute atomic E-state index is 13.3. The number of nitrogens with one attached hydrogen (secondary N) is 4. The number of hydrogen-bond acceptors (Lipinski definition) is 8. The third-order valence-corrected chi connectivity index (χ3v) is 7.92. The van der Waals surface area contributed by atoms with Crippen LogP contribution in [0.1, 0.15) is 24.0 Å². The number of nitro groups is 2. The first-order valence-corrected chi connectivity index (χ1v) is 15.8. The molecule has 14 nitrogen and oxygen atoms in total. The van der Waals surface area contributed by atoms with Gasteiger partial charge in [-0.1, -0.05) is 83.9 Å². The Hall–Kier alpha value is -5.86. The van der Waals surface area contributed by atoms with Crippen LogP contribution in [0, 0.1) is 20.2 Å². The van der Waals surface area contributed by atoms with E-state index in [2.05, 4.69) is 21.3 Å². The van der Waals surface area contributed by atoms with Crippen LogP contribution in [-0.4, -0.2) is 45.6 Å². The Morgan fingerprint density at radius 1 is 0.580 bits per heavy atom. The van der Waals surface area contributed by atoms with Crippen LogP contribution in [0.2, 0.25) is 10.0 Å². The Kier molecular flexibility index (Phi) is 12.9. The van der Waals surface area contributed by atoms with Crippen LogP contribution in [0.5, 0.6) is 0 Å². The van der Waals surface area contributed by atoms with E-state index in [1.54, 1.807) is 60.7 Å². The number of anilines is 2. The Labute approximate surface area is 295 Å². The minimum atomic E-state index is -1.11. The first-order chi connectivity index (χ1) is 23.9. The molecule has 4 N–H and O–H groups in total. The number of amides is 4. The van der Waals surface area contributed by atoms with Gasteiger partial charge in [0.25, 0.3) is 11.4 Å².